The molecule has 0 aromatic heterocycles. The molecule has 0 bridgehead atoms. The van der Waals surface area contributed by atoms with Gasteiger partial charge in [0.2, 0.25) is 6.29 Å². The topological polar surface area (TPSA) is 295 Å². The van der Waals surface area contributed by atoms with Crippen LogP contribution >= 0.6 is 0 Å². The Balaban J connectivity index is 1.02. The summed E-state index contributed by atoms with van der Waals surface area (Å²) >= 11 is 0. The molecule has 0 amide bonds. The summed E-state index contributed by atoms with van der Waals surface area (Å²) in [6, 6.07) is 0. The normalized spacial score (nSPS) is 54.3. The van der Waals surface area contributed by atoms with Crippen molar-refractivity contribution in [3.05, 3.63) is 11.6 Å². The van der Waals surface area contributed by atoms with Crippen LogP contribution in [0.25, 0.3) is 0 Å². The third kappa shape index (κ3) is 7.80. The van der Waals surface area contributed by atoms with Crippen molar-refractivity contribution in [2.45, 2.75) is 198 Å². The minimum atomic E-state index is -1.75. The number of allylic oxidation sites excluding steroid dienone is 2. The minimum Gasteiger partial charge on any atom is -0.432 e. The van der Waals surface area contributed by atoms with E-state index >= 15 is 0 Å². The second kappa shape index (κ2) is 17.8. The molecular weight excluding hydrogens is 852 g/mol. The average Bonchev–Trinajstić information content (AvgIpc) is 3.26. The molecule has 65 heavy (non-hydrogen) atoms. The smallest absolute Gasteiger partial charge is 0.315 e. The number of ether oxygens (including phenoxy) is 6. The van der Waals surface area contributed by atoms with Gasteiger partial charge < -0.3 is 84.6 Å². The van der Waals surface area contributed by atoms with Crippen LogP contribution < -0.4 is 0 Å². The van der Waals surface area contributed by atoms with Gasteiger partial charge in [-0.1, -0.05) is 53.2 Å². The molecule has 3 aliphatic heterocycles. The highest BCUT2D eigenvalue weighted by Crippen LogP contribution is 2.76. The Labute approximate surface area is 380 Å². The van der Waals surface area contributed by atoms with Crippen LogP contribution in [0.4, 0.5) is 0 Å². The molecule has 7 fully saturated rings. The van der Waals surface area contributed by atoms with Gasteiger partial charge in [0, 0.05) is 5.41 Å². The van der Waals surface area contributed by atoms with Gasteiger partial charge in [-0.25, -0.2) is 0 Å². The van der Waals surface area contributed by atoms with E-state index in [4.69, 9.17) is 28.4 Å². The van der Waals surface area contributed by atoms with E-state index in [0.29, 0.717) is 25.7 Å². The third-order valence-corrected chi connectivity index (χ3v) is 19.1. The highest BCUT2D eigenvalue weighted by molar-refractivity contribution is 5.79. The summed E-state index contributed by atoms with van der Waals surface area (Å²) in [6.45, 7) is 11.8. The number of carbonyl (C=O) groups is 1. The summed E-state index contributed by atoms with van der Waals surface area (Å²) in [5, 5.41) is 116. The van der Waals surface area contributed by atoms with Gasteiger partial charge >= 0.3 is 5.97 Å². The van der Waals surface area contributed by atoms with Crippen LogP contribution in [0.15, 0.2) is 11.6 Å². The van der Waals surface area contributed by atoms with Crippen LogP contribution in [0, 0.1) is 50.2 Å². The molecule has 0 aromatic rings. The van der Waals surface area contributed by atoms with Gasteiger partial charge in [0.25, 0.3) is 0 Å². The Morgan fingerprint density at radius 1 is 0.677 bits per heavy atom. The highest BCUT2D eigenvalue weighted by Gasteiger charge is 2.70. The fourth-order valence-corrected chi connectivity index (χ4v) is 14.8. The van der Waals surface area contributed by atoms with Crippen LogP contribution in [-0.2, 0) is 33.2 Å². The predicted octanol–water partition coefficient (Wildman–Crippen LogP) is -0.248. The van der Waals surface area contributed by atoms with Crippen LogP contribution in [-0.4, -0.2) is 181 Å². The van der Waals surface area contributed by atoms with E-state index in [-0.39, 0.29) is 52.6 Å². The molecule has 8 aliphatic rings. The van der Waals surface area contributed by atoms with E-state index < -0.39 is 122 Å². The molecule has 0 aromatic carbocycles. The number of carbonyl (C=O) groups excluding carboxylic acids is 1. The van der Waals surface area contributed by atoms with Crippen molar-refractivity contribution in [2.24, 2.45) is 50.2 Å². The highest BCUT2D eigenvalue weighted by atomic mass is 16.7. The number of rotatable bonds is 9. The Bertz CT molecular complexity index is 1760. The minimum absolute atomic E-state index is 0.00679. The molecule has 8 rings (SSSR count). The molecule has 0 spiro atoms. The summed E-state index contributed by atoms with van der Waals surface area (Å²) in [7, 11) is 0. The van der Waals surface area contributed by atoms with Gasteiger partial charge in [0.15, 0.2) is 12.6 Å². The third-order valence-electron chi connectivity index (χ3n) is 19.1. The molecule has 11 N–H and O–H groups in total. The number of hydrogen-bond acceptors (Lipinski definition) is 18. The Kier molecular flexibility index (Phi) is 13.7. The number of hydrogen-bond donors (Lipinski definition) is 11. The lowest BCUT2D eigenvalue weighted by atomic mass is 9.33. The van der Waals surface area contributed by atoms with E-state index in [1.165, 1.54) is 5.57 Å². The van der Waals surface area contributed by atoms with Gasteiger partial charge in [-0.15, -0.1) is 0 Å². The summed E-state index contributed by atoms with van der Waals surface area (Å²) < 4.78 is 35.4. The first-order valence-corrected chi connectivity index (χ1v) is 23.9. The van der Waals surface area contributed by atoms with Crippen molar-refractivity contribution in [1.82, 2.24) is 0 Å². The largest absolute Gasteiger partial charge is 0.432 e. The van der Waals surface area contributed by atoms with E-state index in [1.54, 1.807) is 0 Å². The van der Waals surface area contributed by atoms with Gasteiger partial charge in [-0.2, -0.15) is 0 Å². The zero-order valence-electron chi connectivity index (χ0n) is 38.6. The maximum atomic E-state index is 14.7. The monoisotopic (exact) mass is 929 g/mol. The maximum Gasteiger partial charge on any atom is 0.315 e. The lowest BCUT2D eigenvalue weighted by molar-refractivity contribution is -0.358. The maximum absolute atomic E-state index is 14.7. The second-order valence-electron chi connectivity index (χ2n) is 22.9. The molecule has 23 atom stereocenters. The summed E-state index contributed by atoms with van der Waals surface area (Å²) in [6.07, 6.45) is -12.5. The average molecular weight is 929 g/mol. The molecule has 4 saturated carbocycles. The Morgan fingerprint density at radius 2 is 1.29 bits per heavy atom. The van der Waals surface area contributed by atoms with E-state index in [0.717, 1.165) is 38.5 Å². The molecular formula is C47H76O18. The summed E-state index contributed by atoms with van der Waals surface area (Å²) in [5.41, 5.74) is -1.25. The van der Waals surface area contributed by atoms with Crippen LogP contribution in [0.3, 0.4) is 0 Å². The first-order valence-electron chi connectivity index (χ1n) is 23.9. The van der Waals surface area contributed by atoms with Crippen molar-refractivity contribution >= 4 is 5.97 Å². The Morgan fingerprint density at radius 3 is 1.92 bits per heavy atom. The molecule has 3 heterocycles. The van der Waals surface area contributed by atoms with Crippen molar-refractivity contribution in [2.75, 3.05) is 26.4 Å². The van der Waals surface area contributed by atoms with E-state index in [2.05, 4.69) is 40.7 Å². The van der Waals surface area contributed by atoms with Crippen molar-refractivity contribution in [3.8, 4) is 0 Å². The molecule has 23 unspecified atom stereocenters. The lowest BCUT2D eigenvalue weighted by Crippen LogP contribution is -2.67. The first-order chi connectivity index (χ1) is 30.5. The van der Waals surface area contributed by atoms with Gasteiger partial charge in [0.1, 0.15) is 67.1 Å². The van der Waals surface area contributed by atoms with Gasteiger partial charge in [-0.3, -0.25) is 4.79 Å². The summed E-state index contributed by atoms with van der Waals surface area (Å²) in [5.74, 6) is -0.472. The predicted molar refractivity (Wildman–Crippen MR) is 226 cm³/mol. The zero-order chi connectivity index (χ0) is 47.4. The molecule has 3 saturated heterocycles. The molecule has 0 radical (unpaired) electrons. The van der Waals surface area contributed by atoms with E-state index in [9.17, 15) is 61.0 Å². The fourth-order valence-electron chi connectivity index (χ4n) is 14.8. The van der Waals surface area contributed by atoms with Crippen LogP contribution in [0.1, 0.15) is 106 Å². The molecule has 18 nitrogen and oxygen atoms in total. The number of aliphatic hydroxyl groups is 11. The molecule has 5 aliphatic carbocycles. The zero-order valence-corrected chi connectivity index (χ0v) is 38.6. The number of fused-ring (bicyclic) bond motifs is 7. The number of esters is 1. The van der Waals surface area contributed by atoms with Gasteiger partial charge in [-0.05, 0) is 104 Å². The first kappa shape index (κ1) is 50.0. The lowest BCUT2D eigenvalue weighted by Gasteiger charge is -2.71. The standard InChI is InChI=1S/C47H76O18/c1-42(2)13-15-47(41(59)65-40-35(57)33(55)31(53)26(19-49)62-40)16-14-45(5)22(23(47)17-42)7-8-28-43(3)11-10-29(44(4,21-50)27(43)9-12-46(28,45)6)63-38-36(58)37(24(51)20-60-38)64-39-34(56)32(54)30(52)25(18-48)61-39/h7,23-40,48-58H,8-21H2,1-6H3. The second-order valence-corrected chi connectivity index (χ2v) is 22.9. The fraction of sp³-hybridized carbons (Fsp3) is 0.936. The summed E-state index contributed by atoms with van der Waals surface area (Å²) in [4.78, 5) is 14.7. The number of aliphatic hydroxyl groups excluding tert-OH is 11. The van der Waals surface area contributed by atoms with Gasteiger partial charge in [0.05, 0.1) is 37.9 Å². The van der Waals surface area contributed by atoms with Crippen LogP contribution in [0.2, 0.25) is 0 Å². The van der Waals surface area contributed by atoms with Crippen molar-refractivity contribution in [3.63, 3.8) is 0 Å². The SMILES string of the molecule is CC1(C)CCC2(C(=O)OC3OC(CO)C(O)C(O)C3O)CCC3(C)C(=CCC4C5(C)CCC(OC6OCC(O)C(OC7OC(CO)C(O)C(O)C7O)C6O)C(C)(CO)C5CCC43C)C2C1. The van der Waals surface area contributed by atoms with Crippen molar-refractivity contribution < 1.29 is 89.4 Å². The molecule has 372 valence electrons. The van der Waals surface area contributed by atoms with Crippen LogP contribution in [0.5, 0.6) is 0 Å². The quantitative estimate of drug-likeness (QED) is 0.0808. The van der Waals surface area contributed by atoms with Crippen molar-refractivity contribution in [1.29, 1.82) is 0 Å². The Hall–Kier alpha value is -1.43. The molecule has 18 heteroatoms. The van der Waals surface area contributed by atoms with E-state index in [1.807, 2.05) is 6.92 Å².